The second-order valence-corrected chi connectivity index (χ2v) is 7.80. The van der Waals surface area contributed by atoms with Crippen molar-refractivity contribution in [2.45, 2.75) is 13.3 Å². The fourth-order valence-corrected chi connectivity index (χ4v) is 3.52. The lowest BCUT2D eigenvalue weighted by atomic mass is 10.1. The maximum Gasteiger partial charge on any atom is 0.311 e. The second kappa shape index (κ2) is 11.7. The first-order chi connectivity index (χ1) is 17.2. The molecule has 12 heteroatoms. The SMILES string of the molecule is COc1cccc(OC)c1C(=O)NN1C[C@H](C(=O)OCC(=O)Nc2ccc(NC(C)=O)cc2)CC1=O. The van der Waals surface area contributed by atoms with Crippen LogP contribution in [0, 0.1) is 5.92 Å². The van der Waals surface area contributed by atoms with Crippen molar-refractivity contribution < 1.29 is 38.2 Å². The molecule has 3 rings (SSSR count). The van der Waals surface area contributed by atoms with E-state index >= 15 is 0 Å². The third-order valence-corrected chi connectivity index (χ3v) is 5.18. The van der Waals surface area contributed by atoms with E-state index in [0.29, 0.717) is 11.4 Å². The van der Waals surface area contributed by atoms with Crippen LogP contribution in [0.4, 0.5) is 11.4 Å². The van der Waals surface area contributed by atoms with Crippen LogP contribution in [-0.2, 0) is 23.9 Å². The highest BCUT2D eigenvalue weighted by Gasteiger charge is 2.37. The summed E-state index contributed by atoms with van der Waals surface area (Å²) in [4.78, 5) is 60.8. The maximum atomic E-state index is 12.8. The Balaban J connectivity index is 1.51. The quantitative estimate of drug-likeness (QED) is 0.438. The molecule has 1 atom stereocenters. The van der Waals surface area contributed by atoms with Gasteiger partial charge in [0.2, 0.25) is 11.8 Å². The predicted octanol–water partition coefficient (Wildman–Crippen LogP) is 1.34. The summed E-state index contributed by atoms with van der Waals surface area (Å²) < 4.78 is 15.5. The maximum absolute atomic E-state index is 12.8. The number of amides is 4. The molecule has 1 aliphatic heterocycles. The number of rotatable bonds is 9. The Bertz CT molecular complexity index is 1140. The highest BCUT2D eigenvalue weighted by atomic mass is 16.5. The minimum atomic E-state index is -0.859. The Morgan fingerprint density at radius 1 is 0.944 bits per heavy atom. The summed E-state index contributed by atoms with van der Waals surface area (Å²) in [5.74, 6) is -3.02. The molecule has 4 amide bonds. The monoisotopic (exact) mass is 498 g/mol. The summed E-state index contributed by atoms with van der Waals surface area (Å²) in [5, 5.41) is 6.19. The van der Waals surface area contributed by atoms with E-state index in [0.717, 1.165) is 5.01 Å². The molecule has 0 aliphatic carbocycles. The standard InChI is InChI=1S/C24H26N4O8/c1-14(29)25-16-7-9-17(10-8-16)26-20(30)13-36-24(33)15-11-21(31)28(12-15)27-23(32)22-18(34-2)5-4-6-19(22)35-3/h4-10,15H,11-13H2,1-3H3,(H,25,29)(H,26,30)(H,27,32)/t15-/m1/s1. The molecule has 2 aromatic rings. The first kappa shape index (κ1) is 26.0. The van der Waals surface area contributed by atoms with Gasteiger partial charge in [-0.05, 0) is 36.4 Å². The smallest absolute Gasteiger partial charge is 0.311 e. The Morgan fingerprint density at radius 3 is 2.08 bits per heavy atom. The van der Waals surface area contributed by atoms with Gasteiger partial charge in [-0.1, -0.05) is 6.07 Å². The van der Waals surface area contributed by atoms with Gasteiger partial charge in [-0.25, -0.2) is 0 Å². The average Bonchev–Trinajstić information content (AvgIpc) is 3.22. The molecular weight excluding hydrogens is 472 g/mol. The third kappa shape index (κ3) is 6.50. The van der Waals surface area contributed by atoms with Crippen molar-refractivity contribution in [1.29, 1.82) is 0 Å². The van der Waals surface area contributed by atoms with E-state index in [9.17, 15) is 24.0 Å². The van der Waals surface area contributed by atoms with Crippen molar-refractivity contribution in [1.82, 2.24) is 10.4 Å². The summed E-state index contributed by atoms with van der Waals surface area (Å²) in [5.41, 5.74) is 3.58. The van der Waals surface area contributed by atoms with Crippen LogP contribution in [0.2, 0.25) is 0 Å². The van der Waals surface area contributed by atoms with Crippen molar-refractivity contribution in [2.75, 3.05) is 38.0 Å². The molecule has 0 saturated carbocycles. The Kier molecular flexibility index (Phi) is 8.44. The van der Waals surface area contributed by atoms with E-state index in [-0.39, 0.29) is 35.9 Å². The number of ether oxygens (including phenoxy) is 3. The number of esters is 1. The molecule has 0 aromatic heterocycles. The highest BCUT2D eigenvalue weighted by molar-refractivity contribution is 6.01. The van der Waals surface area contributed by atoms with Gasteiger partial charge in [-0.2, -0.15) is 0 Å². The van der Waals surface area contributed by atoms with Crippen molar-refractivity contribution in [3.63, 3.8) is 0 Å². The van der Waals surface area contributed by atoms with Gasteiger partial charge < -0.3 is 24.8 Å². The van der Waals surface area contributed by atoms with Gasteiger partial charge in [0.1, 0.15) is 17.1 Å². The third-order valence-electron chi connectivity index (χ3n) is 5.18. The lowest BCUT2D eigenvalue weighted by Gasteiger charge is -2.19. The molecule has 0 spiro atoms. The van der Waals surface area contributed by atoms with Gasteiger partial charge in [0.15, 0.2) is 6.61 Å². The van der Waals surface area contributed by atoms with E-state index in [1.807, 2.05) is 0 Å². The molecule has 0 bridgehead atoms. The van der Waals surface area contributed by atoms with Gasteiger partial charge in [-0.15, -0.1) is 0 Å². The number of carbonyl (C=O) groups excluding carboxylic acids is 5. The van der Waals surface area contributed by atoms with Crippen LogP contribution in [0.25, 0.3) is 0 Å². The zero-order chi connectivity index (χ0) is 26.2. The van der Waals surface area contributed by atoms with Gasteiger partial charge in [0, 0.05) is 24.7 Å². The second-order valence-electron chi connectivity index (χ2n) is 7.80. The number of anilines is 2. The fourth-order valence-electron chi connectivity index (χ4n) is 3.52. The van der Waals surface area contributed by atoms with Crippen LogP contribution in [-0.4, -0.2) is 62.0 Å². The minimum absolute atomic E-state index is 0.100. The highest BCUT2D eigenvalue weighted by Crippen LogP contribution is 2.28. The van der Waals surface area contributed by atoms with E-state index < -0.39 is 36.2 Å². The van der Waals surface area contributed by atoms with Crippen molar-refractivity contribution in [3.05, 3.63) is 48.0 Å². The summed E-state index contributed by atoms with van der Waals surface area (Å²) in [6.07, 6.45) is -0.186. The van der Waals surface area contributed by atoms with Gasteiger partial charge in [0.25, 0.3) is 11.8 Å². The van der Waals surface area contributed by atoms with Gasteiger partial charge in [0.05, 0.1) is 26.7 Å². The fraction of sp³-hybridized carbons (Fsp3) is 0.292. The molecule has 36 heavy (non-hydrogen) atoms. The van der Waals surface area contributed by atoms with E-state index in [1.54, 1.807) is 42.5 Å². The lowest BCUT2D eigenvalue weighted by molar-refractivity contribution is -0.151. The topological polar surface area (TPSA) is 152 Å². The molecule has 2 aromatic carbocycles. The van der Waals surface area contributed by atoms with Crippen LogP contribution in [0.1, 0.15) is 23.7 Å². The largest absolute Gasteiger partial charge is 0.496 e. The lowest BCUT2D eigenvalue weighted by Crippen LogP contribution is -2.43. The van der Waals surface area contributed by atoms with Gasteiger partial charge in [-0.3, -0.25) is 34.4 Å². The van der Waals surface area contributed by atoms with Crippen molar-refractivity contribution in [2.24, 2.45) is 5.92 Å². The molecule has 190 valence electrons. The molecule has 1 saturated heterocycles. The number of hydrogen-bond donors (Lipinski definition) is 3. The molecule has 0 radical (unpaired) electrons. The zero-order valence-corrected chi connectivity index (χ0v) is 20.0. The molecule has 0 unspecified atom stereocenters. The van der Waals surface area contributed by atoms with Crippen LogP contribution in [0.5, 0.6) is 11.5 Å². The van der Waals surface area contributed by atoms with Crippen LogP contribution < -0.4 is 25.5 Å². The Hall–Kier alpha value is -4.61. The number of nitrogens with zero attached hydrogens (tertiary/aromatic N) is 1. The predicted molar refractivity (Wildman–Crippen MR) is 127 cm³/mol. The average molecular weight is 498 g/mol. The minimum Gasteiger partial charge on any atom is -0.496 e. The summed E-state index contributed by atoms with van der Waals surface area (Å²) in [7, 11) is 2.80. The first-order valence-electron chi connectivity index (χ1n) is 10.9. The van der Waals surface area contributed by atoms with E-state index in [4.69, 9.17) is 14.2 Å². The Labute approximate surface area is 206 Å². The summed E-state index contributed by atoms with van der Waals surface area (Å²) >= 11 is 0. The first-order valence-corrected chi connectivity index (χ1v) is 10.9. The van der Waals surface area contributed by atoms with Gasteiger partial charge >= 0.3 is 5.97 Å². The molecule has 1 aliphatic rings. The summed E-state index contributed by atoms with van der Waals surface area (Å²) in [6.45, 7) is 0.710. The van der Waals surface area contributed by atoms with Crippen LogP contribution >= 0.6 is 0 Å². The Morgan fingerprint density at radius 2 is 1.53 bits per heavy atom. The summed E-state index contributed by atoms with van der Waals surface area (Å²) in [6, 6.07) is 11.2. The molecule has 1 fully saturated rings. The number of hydrazine groups is 1. The zero-order valence-electron chi connectivity index (χ0n) is 20.0. The molecule has 1 heterocycles. The van der Waals surface area contributed by atoms with Crippen molar-refractivity contribution in [3.8, 4) is 11.5 Å². The normalized spacial score (nSPS) is 14.6. The van der Waals surface area contributed by atoms with E-state index in [2.05, 4.69) is 16.1 Å². The van der Waals surface area contributed by atoms with Crippen LogP contribution in [0.15, 0.2) is 42.5 Å². The number of carbonyl (C=O) groups is 5. The van der Waals surface area contributed by atoms with Crippen LogP contribution in [0.3, 0.4) is 0 Å². The number of hydrogen-bond acceptors (Lipinski definition) is 8. The number of benzene rings is 2. The molecule has 12 nitrogen and oxygen atoms in total. The van der Waals surface area contributed by atoms with E-state index in [1.165, 1.54) is 21.1 Å². The molecular formula is C24H26N4O8. The number of nitrogens with one attached hydrogen (secondary N) is 3. The van der Waals surface area contributed by atoms with Crippen molar-refractivity contribution >= 4 is 41.0 Å². The molecule has 3 N–H and O–H groups in total. The number of methoxy groups -OCH3 is 2.